The monoisotopic (exact) mass is 560 g/mol. The van der Waals surface area contributed by atoms with Gasteiger partial charge in [-0.15, -0.1) is 0 Å². The average Bonchev–Trinajstić information content (AvgIpc) is 2.96. The minimum Gasteiger partial charge on any atom is -0.495 e. The third-order valence-electron chi connectivity index (χ3n) is 5.96. The van der Waals surface area contributed by atoms with Crippen LogP contribution in [0.5, 0.6) is 5.75 Å². The number of carboxylic acid groups (broad SMARTS) is 1. The molecule has 0 aliphatic rings. The molecule has 4 N–H and O–H groups in total. The Morgan fingerprint density at radius 3 is 2.42 bits per heavy atom. The van der Waals surface area contributed by atoms with Crippen molar-refractivity contribution in [2.75, 3.05) is 12.4 Å². The number of carbonyl (C=O) groups is 2. The van der Waals surface area contributed by atoms with E-state index in [1.807, 2.05) is 6.07 Å². The predicted molar refractivity (Wildman–Crippen MR) is 150 cm³/mol. The number of nitrogens with one attached hydrogen (secondary N) is 3. The van der Waals surface area contributed by atoms with Crippen molar-refractivity contribution in [3.8, 4) is 16.9 Å². The number of urea groups is 1. The normalized spacial score (nSPS) is 11.8. The van der Waals surface area contributed by atoms with Gasteiger partial charge in [-0.2, -0.15) is 0 Å². The number of anilines is 1. The molecule has 10 nitrogen and oxygen atoms in total. The highest BCUT2D eigenvalue weighted by molar-refractivity contribution is 7.89. The van der Waals surface area contributed by atoms with E-state index in [9.17, 15) is 23.1 Å². The van der Waals surface area contributed by atoms with E-state index in [0.717, 1.165) is 5.56 Å². The molecule has 0 radical (unpaired) electrons. The van der Waals surface area contributed by atoms with E-state index < -0.39 is 34.5 Å². The third-order valence-corrected chi connectivity index (χ3v) is 7.45. The second-order valence-electron chi connectivity index (χ2n) is 8.80. The number of methoxy groups -OCH3 is 1. The zero-order valence-electron chi connectivity index (χ0n) is 21.6. The van der Waals surface area contributed by atoms with Crippen LogP contribution in [0.4, 0.5) is 10.5 Å². The number of aliphatic carboxylic acids is 1. The molecule has 0 bridgehead atoms. The quantitative estimate of drug-likeness (QED) is 0.210. The fourth-order valence-corrected chi connectivity index (χ4v) is 5.46. The number of benzene rings is 3. The molecule has 4 aromatic rings. The second kappa shape index (κ2) is 12.9. The first-order chi connectivity index (χ1) is 19.2. The van der Waals surface area contributed by atoms with Crippen LogP contribution in [0, 0.1) is 0 Å². The maximum atomic E-state index is 13.5. The van der Waals surface area contributed by atoms with Gasteiger partial charge in [0, 0.05) is 24.6 Å². The van der Waals surface area contributed by atoms with Gasteiger partial charge in [-0.3, -0.25) is 9.78 Å². The number of amides is 2. The van der Waals surface area contributed by atoms with Gasteiger partial charge < -0.3 is 20.5 Å². The molecule has 0 saturated carbocycles. The smallest absolute Gasteiger partial charge is 0.319 e. The first-order valence-corrected chi connectivity index (χ1v) is 13.7. The van der Waals surface area contributed by atoms with Crippen molar-refractivity contribution >= 4 is 27.7 Å². The summed E-state index contributed by atoms with van der Waals surface area (Å²) in [7, 11) is -2.86. The molecule has 0 spiro atoms. The zero-order valence-corrected chi connectivity index (χ0v) is 22.4. The predicted octanol–water partition coefficient (Wildman–Crippen LogP) is 4.57. The lowest BCUT2D eigenvalue weighted by atomic mass is 10.0. The van der Waals surface area contributed by atoms with Crippen LogP contribution in [-0.2, 0) is 21.4 Å². The molecule has 1 atom stereocenters. The molecule has 0 fully saturated rings. The van der Waals surface area contributed by atoms with Gasteiger partial charge in [-0.05, 0) is 52.6 Å². The molecule has 40 heavy (non-hydrogen) atoms. The Labute approximate surface area is 232 Å². The summed E-state index contributed by atoms with van der Waals surface area (Å²) >= 11 is 0. The van der Waals surface area contributed by atoms with Crippen molar-refractivity contribution in [2.45, 2.75) is 23.9 Å². The van der Waals surface area contributed by atoms with Crippen molar-refractivity contribution in [1.29, 1.82) is 0 Å². The Morgan fingerprint density at radius 1 is 0.950 bits per heavy atom. The first-order valence-electron chi connectivity index (χ1n) is 12.3. The van der Waals surface area contributed by atoms with Crippen LogP contribution in [0.1, 0.15) is 23.6 Å². The van der Waals surface area contributed by atoms with Gasteiger partial charge in [0.1, 0.15) is 10.6 Å². The SMILES string of the molecule is COc1ccc(-c2cccc(NC(=O)NCc3cccnc3)c2)cc1S(=O)(=O)NC(CC(=O)O)c1ccccc1. The maximum absolute atomic E-state index is 13.5. The first kappa shape index (κ1) is 28.3. The highest BCUT2D eigenvalue weighted by atomic mass is 32.2. The molecule has 11 heteroatoms. The molecule has 2 amide bonds. The van der Waals surface area contributed by atoms with E-state index >= 15 is 0 Å². The number of hydrogen-bond acceptors (Lipinski definition) is 6. The minimum absolute atomic E-state index is 0.0995. The summed E-state index contributed by atoms with van der Waals surface area (Å²) < 4.78 is 34.9. The van der Waals surface area contributed by atoms with Crippen LogP contribution < -0.4 is 20.1 Å². The lowest BCUT2D eigenvalue weighted by Gasteiger charge is -2.19. The van der Waals surface area contributed by atoms with Crippen LogP contribution in [0.25, 0.3) is 11.1 Å². The highest BCUT2D eigenvalue weighted by Gasteiger charge is 2.27. The van der Waals surface area contributed by atoms with E-state index in [0.29, 0.717) is 28.9 Å². The average molecular weight is 561 g/mol. The van der Waals surface area contributed by atoms with E-state index in [4.69, 9.17) is 4.74 Å². The van der Waals surface area contributed by atoms with Crippen LogP contribution >= 0.6 is 0 Å². The van der Waals surface area contributed by atoms with E-state index in [1.54, 1.807) is 79.1 Å². The van der Waals surface area contributed by atoms with E-state index in [-0.39, 0.29) is 10.6 Å². The van der Waals surface area contributed by atoms with Crippen molar-refractivity contribution < 1.29 is 27.9 Å². The molecule has 0 saturated heterocycles. The van der Waals surface area contributed by atoms with Crippen molar-refractivity contribution in [2.24, 2.45) is 0 Å². The maximum Gasteiger partial charge on any atom is 0.319 e. The third kappa shape index (κ3) is 7.43. The Kier molecular flexibility index (Phi) is 9.10. The number of pyridine rings is 1. The molecule has 206 valence electrons. The lowest BCUT2D eigenvalue weighted by Crippen LogP contribution is -2.30. The number of carbonyl (C=O) groups excluding carboxylic acids is 1. The van der Waals surface area contributed by atoms with Gasteiger partial charge in [0.05, 0.1) is 19.6 Å². The summed E-state index contributed by atoms with van der Waals surface area (Å²) in [4.78, 5) is 27.8. The fourth-order valence-electron chi connectivity index (χ4n) is 4.04. The molecule has 1 unspecified atom stereocenters. The van der Waals surface area contributed by atoms with Gasteiger partial charge in [0.25, 0.3) is 0 Å². The Balaban J connectivity index is 1.57. The number of hydrogen-bond donors (Lipinski definition) is 4. The van der Waals surface area contributed by atoms with Crippen LogP contribution in [0.15, 0.2) is 102 Å². The van der Waals surface area contributed by atoms with Gasteiger partial charge in [0.2, 0.25) is 10.0 Å². The summed E-state index contributed by atoms with van der Waals surface area (Å²) in [5.74, 6) is -1.05. The Hall–Kier alpha value is -4.74. The molecule has 1 aromatic heterocycles. The molecule has 3 aromatic carbocycles. The van der Waals surface area contributed by atoms with Gasteiger partial charge in [-0.1, -0.05) is 54.6 Å². The van der Waals surface area contributed by atoms with Gasteiger partial charge in [-0.25, -0.2) is 17.9 Å². The standard InChI is InChI=1S/C29H28N4O6S/c1-39-26-13-12-23(16-27(26)40(37,38)33-25(17-28(34)35)21-8-3-2-4-9-21)22-10-5-11-24(15-22)32-29(36)31-19-20-7-6-14-30-18-20/h2-16,18,25,33H,17,19H2,1H3,(H,34,35)(H2,31,32,36). The van der Waals surface area contributed by atoms with Crippen molar-refractivity contribution in [3.05, 3.63) is 108 Å². The number of sulfonamides is 1. The minimum atomic E-state index is -4.21. The molecular formula is C29H28N4O6S. The zero-order chi connectivity index (χ0) is 28.5. The summed E-state index contributed by atoms with van der Waals surface area (Å²) in [5, 5.41) is 14.9. The molecule has 4 rings (SSSR count). The number of ether oxygens (including phenoxy) is 1. The van der Waals surface area contributed by atoms with Crippen LogP contribution in [0.2, 0.25) is 0 Å². The number of aromatic nitrogens is 1. The van der Waals surface area contributed by atoms with Gasteiger partial charge >= 0.3 is 12.0 Å². The van der Waals surface area contributed by atoms with Crippen molar-refractivity contribution in [1.82, 2.24) is 15.0 Å². The second-order valence-corrected chi connectivity index (χ2v) is 10.5. The summed E-state index contributed by atoms with van der Waals surface area (Å²) in [6.07, 6.45) is 2.87. The summed E-state index contributed by atoms with van der Waals surface area (Å²) in [6.45, 7) is 0.303. The Bertz CT molecular complexity index is 1580. The van der Waals surface area contributed by atoms with E-state index in [2.05, 4.69) is 20.3 Å². The molecule has 1 heterocycles. The lowest BCUT2D eigenvalue weighted by molar-refractivity contribution is -0.137. The van der Waals surface area contributed by atoms with Gasteiger partial charge in [0.15, 0.2) is 0 Å². The fraction of sp³-hybridized carbons (Fsp3) is 0.138. The number of nitrogens with zero attached hydrogens (tertiary/aromatic N) is 1. The molecular weight excluding hydrogens is 532 g/mol. The molecule has 0 aliphatic carbocycles. The summed E-state index contributed by atoms with van der Waals surface area (Å²) in [6, 6.07) is 22.4. The van der Waals surface area contributed by atoms with Crippen molar-refractivity contribution in [3.63, 3.8) is 0 Å². The number of carboxylic acids is 1. The highest BCUT2D eigenvalue weighted by Crippen LogP contribution is 2.32. The summed E-state index contributed by atoms with van der Waals surface area (Å²) in [5.41, 5.74) is 3.07. The largest absolute Gasteiger partial charge is 0.495 e. The Morgan fingerprint density at radius 2 is 1.73 bits per heavy atom. The van der Waals surface area contributed by atoms with E-state index in [1.165, 1.54) is 19.2 Å². The molecule has 0 aliphatic heterocycles. The topological polar surface area (TPSA) is 147 Å². The van der Waals surface area contributed by atoms with Crippen LogP contribution in [-0.4, -0.2) is 37.6 Å². The number of rotatable bonds is 11. The van der Waals surface area contributed by atoms with Crippen LogP contribution in [0.3, 0.4) is 0 Å².